The number of hydrogen-bond donors (Lipinski definition) is 1. The van der Waals surface area contributed by atoms with Crippen LogP contribution in [0.4, 0.5) is 4.39 Å². The molecule has 0 fully saturated rings. The summed E-state index contributed by atoms with van der Waals surface area (Å²) in [4.78, 5) is 14.7. The molecule has 98 valence electrons. The molecule has 0 aliphatic heterocycles. The summed E-state index contributed by atoms with van der Waals surface area (Å²) in [6.07, 6.45) is 2.64. The van der Waals surface area contributed by atoms with E-state index < -0.39 is 11.8 Å². The molecule has 0 saturated carbocycles. The summed E-state index contributed by atoms with van der Waals surface area (Å²) in [5.41, 5.74) is 0.680. The van der Waals surface area contributed by atoms with Gasteiger partial charge in [0.15, 0.2) is 0 Å². The zero-order chi connectivity index (χ0) is 13.8. The Morgan fingerprint density at radius 1 is 1.37 bits per heavy atom. The van der Waals surface area contributed by atoms with Crippen molar-refractivity contribution in [2.24, 2.45) is 0 Å². The first-order chi connectivity index (χ1) is 9.11. The van der Waals surface area contributed by atoms with Crippen molar-refractivity contribution >= 4 is 5.97 Å². The molecule has 0 amide bonds. The van der Waals surface area contributed by atoms with E-state index in [9.17, 15) is 9.18 Å². The highest BCUT2D eigenvalue weighted by atomic mass is 19.1. The van der Waals surface area contributed by atoms with Gasteiger partial charge in [-0.25, -0.2) is 9.18 Å². The van der Waals surface area contributed by atoms with Gasteiger partial charge in [0.25, 0.3) is 0 Å². The summed E-state index contributed by atoms with van der Waals surface area (Å²) in [5.74, 6) is -1.02. The van der Waals surface area contributed by atoms with Gasteiger partial charge in [-0.1, -0.05) is 0 Å². The van der Waals surface area contributed by atoms with E-state index in [1.54, 1.807) is 0 Å². The van der Waals surface area contributed by atoms with Crippen LogP contribution < -0.4 is 4.74 Å². The number of rotatable bonds is 4. The fourth-order valence-corrected chi connectivity index (χ4v) is 1.69. The molecule has 0 saturated heterocycles. The van der Waals surface area contributed by atoms with Gasteiger partial charge in [-0.2, -0.15) is 0 Å². The minimum absolute atomic E-state index is 0.0127. The van der Waals surface area contributed by atoms with Crippen molar-refractivity contribution in [3.63, 3.8) is 0 Å². The fourth-order valence-electron chi connectivity index (χ4n) is 1.69. The Morgan fingerprint density at radius 3 is 2.84 bits per heavy atom. The van der Waals surface area contributed by atoms with Crippen LogP contribution in [0.5, 0.6) is 5.75 Å². The van der Waals surface area contributed by atoms with E-state index in [1.165, 1.54) is 36.7 Å². The maximum atomic E-state index is 13.8. The molecule has 4 nitrogen and oxygen atoms in total. The predicted molar refractivity (Wildman–Crippen MR) is 67.8 cm³/mol. The van der Waals surface area contributed by atoms with Gasteiger partial charge in [-0.15, -0.1) is 0 Å². The molecule has 0 aliphatic rings. The van der Waals surface area contributed by atoms with E-state index in [0.29, 0.717) is 17.9 Å². The van der Waals surface area contributed by atoms with Gasteiger partial charge in [0.2, 0.25) is 0 Å². The summed E-state index contributed by atoms with van der Waals surface area (Å²) < 4.78 is 19.1. The van der Waals surface area contributed by atoms with Crippen molar-refractivity contribution in [3.05, 3.63) is 48.0 Å². The zero-order valence-electron chi connectivity index (χ0n) is 10.3. The molecule has 5 heteroatoms. The quantitative estimate of drug-likeness (QED) is 0.919. The first kappa shape index (κ1) is 13.0. The molecule has 0 spiro atoms. The van der Waals surface area contributed by atoms with Crippen LogP contribution in [-0.2, 0) is 0 Å². The lowest BCUT2D eigenvalue weighted by molar-refractivity contribution is 0.0696. The molecule has 19 heavy (non-hydrogen) atoms. The van der Waals surface area contributed by atoms with Crippen LogP contribution in [-0.4, -0.2) is 22.7 Å². The Kier molecular flexibility index (Phi) is 3.75. The Balaban J connectivity index is 2.48. The number of carboxylic acid groups (broad SMARTS) is 1. The number of ether oxygens (including phenoxy) is 1. The minimum atomic E-state index is -1.10. The predicted octanol–water partition coefficient (Wildman–Crippen LogP) is 2.98. The molecule has 2 rings (SSSR count). The summed E-state index contributed by atoms with van der Waals surface area (Å²) in [6.45, 7) is 2.30. The van der Waals surface area contributed by atoms with Crippen molar-refractivity contribution in [2.75, 3.05) is 6.61 Å². The van der Waals surface area contributed by atoms with Crippen molar-refractivity contribution in [2.45, 2.75) is 6.92 Å². The minimum Gasteiger partial charge on any atom is -0.494 e. The van der Waals surface area contributed by atoms with Gasteiger partial charge in [0.05, 0.1) is 12.2 Å². The third kappa shape index (κ3) is 2.88. The second kappa shape index (κ2) is 5.48. The van der Waals surface area contributed by atoms with E-state index >= 15 is 0 Å². The number of benzene rings is 1. The lowest BCUT2D eigenvalue weighted by Gasteiger charge is -2.08. The van der Waals surface area contributed by atoms with Crippen LogP contribution in [0.3, 0.4) is 0 Å². The number of hydrogen-bond acceptors (Lipinski definition) is 3. The summed E-state index contributed by atoms with van der Waals surface area (Å²) in [7, 11) is 0. The highest BCUT2D eigenvalue weighted by Crippen LogP contribution is 2.27. The third-order valence-electron chi connectivity index (χ3n) is 2.55. The number of aromatic nitrogens is 1. The molecule has 0 aliphatic carbocycles. The average Bonchev–Trinajstić information content (AvgIpc) is 2.41. The van der Waals surface area contributed by atoms with Gasteiger partial charge in [-0.05, 0) is 31.2 Å². The lowest BCUT2D eigenvalue weighted by atomic mass is 10.1. The van der Waals surface area contributed by atoms with E-state index in [0.717, 1.165) is 0 Å². The second-order valence-electron chi connectivity index (χ2n) is 3.84. The summed E-state index contributed by atoms with van der Waals surface area (Å²) in [5, 5.41) is 8.91. The van der Waals surface area contributed by atoms with Crippen LogP contribution in [0.1, 0.15) is 17.3 Å². The van der Waals surface area contributed by atoms with E-state index in [-0.39, 0.29) is 11.1 Å². The Hall–Kier alpha value is -2.43. The molecule has 1 heterocycles. The molecule has 1 N–H and O–H groups in total. The highest BCUT2D eigenvalue weighted by Gasteiger charge is 2.10. The maximum Gasteiger partial charge on any atom is 0.337 e. The Morgan fingerprint density at radius 2 is 2.16 bits per heavy atom. The average molecular weight is 261 g/mol. The number of halogens is 1. The maximum absolute atomic E-state index is 13.8. The van der Waals surface area contributed by atoms with Crippen LogP contribution in [0.2, 0.25) is 0 Å². The first-order valence-corrected chi connectivity index (χ1v) is 5.73. The number of nitrogens with zero attached hydrogens (tertiary/aromatic N) is 1. The van der Waals surface area contributed by atoms with Crippen molar-refractivity contribution in [1.29, 1.82) is 0 Å². The van der Waals surface area contributed by atoms with Gasteiger partial charge in [0.1, 0.15) is 11.6 Å². The molecule has 0 radical (unpaired) electrons. The lowest BCUT2D eigenvalue weighted by Crippen LogP contribution is -1.98. The Labute approximate surface area is 109 Å². The summed E-state index contributed by atoms with van der Waals surface area (Å²) in [6, 6.07) is 5.72. The van der Waals surface area contributed by atoms with E-state index in [2.05, 4.69) is 4.98 Å². The van der Waals surface area contributed by atoms with Crippen LogP contribution in [0.15, 0.2) is 36.7 Å². The smallest absolute Gasteiger partial charge is 0.337 e. The van der Waals surface area contributed by atoms with Gasteiger partial charge in [-0.3, -0.25) is 4.98 Å². The Bertz CT molecular complexity index is 613. The molecule has 2 aromatic rings. The largest absolute Gasteiger partial charge is 0.494 e. The second-order valence-corrected chi connectivity index (χ2v) is 3.84. The van der Waals surface area contributed by atoms with Crippen molar-refractivity contribution < 1.29 is 19.0 Å². The van der Waals surface area contributed by atoms with Gasteiger partial charge < -0.3 is 9.84 Å². The van der Waals surface area contributed by atoms with Crippen molar-refractivity contribution in [3.8, 4) is 16.9 Å². The molecule has 0 bridgehead atoms. The molecule has 1 aromatic heterocycles. The third-order valence-corrected chi connectivity index (χ3v) is 2.55. The zero-order valence-corrected chi connectivity index (χ0v) is 10.3. The van der Waals surface area contributed by atoms with Crippen LogP contribution >= 0.6 is 0 Å². The fraction of sp³-hybridized carbons (Fsp3) is 0.143. The normalized spacial score (nSPS) is 10.2. The summed E-state index contributed by atoms with van der Waals surface area (Å²) >= 11 is 0. The van der Waals surface area contributed by atoms with Gasteiger partial charge >= 0.3 is 5.97 Å². The molecular weight excluding hydrogens is 249 g/mol. The highest BCUT2D eigenvalue weighted by molar-refractivity contribution is 5.88. The number of carbonyl (C=O) groups is 1. The standard InChI is InChI=1S/C14H12FNO3/c1-2-19-11-3-4-13(15)12(6-11)9-5-10(14(17)18)8-16-7-9/h3-8H,2H2,1H3,(H,17,18). The van der Waals surface area contributed by atoms with Gasteiger partial charge in [0, 0.05) is 23.5 Å². The topological polar surface area (TPSA) is 59.4 Å². The molecule has 0 atom stereocenters. The molecule has 0 unspecified atom stereocenters. The molecule has 1 aromatic carbocycles. The molecular formula is C14H12FNO3. The number of pyridine rings is 1. The monoisotopic (exact) mass is 261 g/mol. The first-order valence-electron chi connectivity index (χ1n) is 5.73. The SMILES string of the molecule is CCOc1ccc(F)c(-c2cncc(C(=O)O)c2)c1. The van der Waals surface area contributed by atoms with E-state index in [1.807, 2.05) is 6.92 Å². The van der Waals surface area contributed by atoms with Crippen molar-refractivity contribution in [1.82, 2.24) is 4.98 Å². The number of aromatic carboxylic acids is 1. The van der Waals surface area contributed by atoms with Crippen LogP contribution in [0, 0.1) is 5.82 Å². The van der Waals surface area contributed by atoms with Crippen LogP contribution in [0.25, 0.3) is 11.1 Å². The number of carboxylic acids is 1. The van der Waals surface area contributed by atoms with E-state index in [4.69, 9.17) is 9.84 Å².